The van der Waals surface area contributed by atoms with Crippen LogP contribution in [0.4, 0.5) is 0 Å². The number of carbonyl (C=O) groups is 1. The van der Waals surface area contributed by atoms with Gasteiger partial charge in [-0.1, -0.05) is 13.3 Å². The summed E-state index contributed by atoms with van der Waals surface area (Å²) in [7, 11) is 0. The first-order chi connectivity index (χ1) is 9.39. The summed E-state index contributed by atoms with van der Waals surface area (Å²) in [6.45, 7) is 9.83. The molecule has 0 radical (unpaired) electrons. The van der Waals surface area contributed by atoms with Crippen molar-refractivity contribution in [2.24, 2.45) is 5.41 Å². The molecule has 1 aliphatic heterocycles. The highest BCUT2D eigenvalue weighted by molar-refractivity contribution is 7.11. The Morgan fingerprint density at radius 2 is 2.25 bits per heavy atom. The Hall–Kier alpha value is -0.940. The molecule has 0 spiro atoms. The fourth-order valence-corrected chi connectivity index (χ4v) is 4.21. The van der Waals surface area contributed by atoms with Crippen molar-refractivity contribution in [2.75, 3.05) is 13.1 Å². The van der Waals surface area contributed by atoms with E-state index < -0.39 is 11.4 Å². The van der Waals surface area contributed by atoms with E-state index in [-0.39, 0.29) is 6.04 Å². The molecule has 20 heavy (non-hydrogen) atoms. The van der Waals surface area contributed by atoms with Gasteiger partial charge in [-0.25, -0.2) is 4.98 Å². The van der Waals surface area contributed by atoms with Gasteiger partial charge in [-0.3, -0.25) is 9.69 Å². The van der Waals surface area contributed by atoms with Crippen molar-refractivity contribution >= 4 is 17.3 Å². The van der Waals surface area contributed by atoms with Crippen molar-refractivity contribution in [1.82, 2.24) is 9.88 Å². The predicted octanol–water partition coefficient (Wildman–Crippen LogP) is 3.40. The molecule has 1 aromatic heterocycles. The number of hydrogen-bond donors (Lipinski definition) is 1. The zero-order valence-corrected chi connectivity index (χ0v) is 13.6. The molecule has 0 saturated carbocycles. The maximum atomic E-state index is 11.6. The average Bonchev–Trinajstić information content (AvgIpc) is 2.94. The standard InChI is InChI=1S/C15H24N2O2S/c1-5-6-15(14(18)19)7-8-17(9-15)10(2)13-11(3)20-12(4)16-13/h10H,5-9H2,1-4H3,(H,18,19). The maximum Gasteiger partial charge on any atom is 0.310 e. The van der Waals surface area contributed by atoms with E-state index in [1.165, 1.54) is 4.88 Å². The summed E-state index contributed by atoms with van der Waals surface area (Å²) < 4.78 is 0. The number of nitrogens with zero attached hydrogens (tertiary/aromatic N) is 2. The van der Waals surface area contributed by atoms with Gasteiger partial charge in [0.05, 0.1) is 22.2 Å². The number of rotatable bonds is 5. The van der Waals surface area contributed by atoms with E-state index in [0.29, 0.717) is 6.54 Å². The largest absolute Gasteiger partial charge is 0.481 e. The molecule has 5 heteroatoms. The van der Waals surface area contributed by atoms with Crippen LogP contribution in [0, 0.1) is 19.3 Å². The van der Waals surface area contributed by atoms with Gasteiger partial charge in [-0.2, -0.15) is 0 Å². The van der Waals surface area contributed by atoms with Crippen molar-refractivity contribution < 1.29 is 9.90 Å². The van der Waals surface area contributed by atoms with Gasteiger partial charge < -0.3 is 5.11 Å². The summed E-state index contributed by atoms with van der Waals surface area (Å²) in [6.07, 6.45) is 2.44. The van der Waals surface area contributed by atoms with Crippen LogP contribution < -0.4 is 0 Å². The molecule has 2 unspecified atom stereocenters. The molecule has 1 N–H and O–H groups in total. The Bertz CT molecular complexity index is 500. The molecule has 2 atom stereocenters. The third kappa shape index (κ3) is 2.74. The second-order valence-electron chi connectivity index (χ2n) is 5.91. The molecule has 1 fully saturated rings. The van der Waals surface area contributed by atoms with Crippen molar-refractivity contribution in [3.63, 3.8) is 0 Å². The molecule has 1 aliphatic rings. The van der Waals surface area contributed by atoms with E-state index in [4.69, 9.17) is 0 Å². The smallest absolute Gasteiger partial charge is 0.310 e. The van der Waals surface area contributed by atoms with Crippen LogP contribution in [0.5, 0.6) is 0 Å². The second kappa shape index (κ2) is 5.82. The Kier molecular flexibility index (Phi) is 4.49. The number of aliphatic carboxylic acids is 1. The van der Waals surface area contributed by atoms with Gasteiger partial charge in [0.25, 0.3) is 0 Å². The van der Waals surface area contributed by atoms with Crippen LogP contribution in [-0.2, 0) is 4.79 Å². The van der Waals surface area contributed by atoms with E-state index in [0.717, 1.165) is 36.5 Å². The quantitative estimate of drug-likeness (QED) is 0.905. The fourth-order valence-electron chi connectivity index (χ4n) is 3.30. The molecule has 0 bridgehead atoms. The lowest BCUT2D eigenvalue weighted by molar-refractivity contribution is -0.148. The van der Waals surface area contributed by atoms with Gasteiger partial charge in [0.2, 0.25) is 0 Å². The fraction of sp³-hybridized carbons (Fsp3) is 0.733. The van der Waals surface area contributed by atoms with Crippen LogP contribution in [0.15, 0.2) is 0 Å². The third-order valence-electron chi connectivity index (χ3n) is 4.45. The maximum absolute atomic E-state index is 11.6. The van der Waals surface area contributed by atoms with Gasteiger partial charge in [-0.05, 0) is 40.2 Å². The van der Waals surface area contributed by atoms with Gasteiger partial charge in [0.15, 0.2) is 0 Å². The minimum absolute atomic E-state index is 0.207. The highest BCUT2D eigenvalue weighted by atomic mass is 32.1. The number of thiazole rings is 1. The summed E-state index contributed by atoms with van der Waals surface area (Å²) in [5.74, 6) is -0.639. The molecule has 1 aromatic rings. The topological polar surface area (TPSA) is 53.4 Å². The first-order valence-electron chi connectivity index (χ1n) is 7.31. The Labute approximate surface area is 124 Å². The zero-order chi connectivity index (χ0) is 14.9. The van der Waals surface area contributed by atoms with Gasteiger partial charge in [-0.15, -0.1) is 11.3 Å². The van der Waals surface area contributed by atoms with E-state index >= 15 is 0 Å². The van der Waals surface area contributed by atoms with Crippen LogP contribution in [0.1, 0.15) is 54.7 Å². The Morgan fingerprint density at radius 3 is 2.75 bits per heavy atom. The van der Waals surface area contributed by atoms with E-state index in [9.17, 15) is 9.90 Å². The number of hydrogen-bond acceptors (Lipinski definition) is 4. The number of likely N-dealkylation sites (tertiary alicyclic amines) is 1. The minimum Gasteiger partial charge on any atom is -0.481 e. The zero-order valence-electron chi connectivity index (χ0n) is 12.8. The van der Waals surface area contributed by atoms with Crippen molar-refractivity contribution in [2.45, 2.75) is 53.0 Å². The molecule has 2 rings (SSSR count). The van der Waals surface area contributed by atoms with Crippen LogP contribution in [0.2, 0.25) is 0 Å². The van der Waals surface area contributed by atoms with Crippen LogP contribution in [0.3, 0.4) is 0 Å². The number of aromatic nitrogens is 1. The molecular formula is C15H24N2O2S. The highest BCUT2D eigenvalue weighted by Crippen LogP contribution is 2.40. The average molecular weight is 296 g/mol. The summed E-state index contributed by atoms with van der Waals surface area (Å²) >= 11 is 1.72. The number of aryl methyl sites for hydroxylation is 2. The molecule has 0 amide bonds. The number of carboxylic acids is 1. The molecule has 2 heterocycles. The summed E-state index contributed by atoms with van der Waals surface area (Å²) in [5, 5.41) is 10.7. The normalized spacial score (nSPS) is 25.0. The summed E-state index contributed by atoms with van der Waals surface area (Å²) in [5.41, 5.74) is 0.562. The van der Waals surface area contributed by atoms with Crippen molar-refractivity contribution in [3.8, 4) is 0 Å². The van der Waals surface area contributed by atoms with E-state index in [1.807, 2.05) is 6.92 Å². The second-order valence-corrected chi connectivity index (χ2v) is 7.31. The first-order valence-corrected chi connectivity index (χ1v) is 8.12. The molecule has 4 nitrogen and oxygen atoms in total. The molecule has 0 aromatic carbocycles. The summed E-state index contributed by atoms with van der Waals surface area (Å²) in [4.78, 5) is 19.8. The monoisotopic (exact) mass is 296 g/mol. The van der Waals surface area contributed by atoms with E-state index in [1.54, 1.807) is 11.3 Å². The van der Waals surface area contributed by atoms with Crippen LogP contribution >= 0.6 is 11.3 Å². The minimum atomic E-state index is -0.639. The predicted molar refractivity (Wildman–Crippen MR) is 81.2 cm³/mol. The SMILES string of the molecule is CCCC1(C(=O)O)CCN(C(C)c2nc(C)sc2C)C1. The van der Waals surface area contributed by atoms with E-state index in [2.05, 4.69) is 30.7 Å². The van der Waals surface area contributed by atoms with Gasteiger partial charge in [0, 0.05) is 11.4 Å². The lowest BCUT2D eigenvalue weighted by Gasteiger charge is -2.27. The highest BCUT2D eigenvalue weighted by Gasteiger charge is 2.45. The van der Waals surface area contributed by atoms with Crippen LogP contribution in [-0.4, -0.2) is 34.0 Å². The first kappa shape index (κ1) is 15.4. The summed E-state index contributed by atoms with van der Waals surface area (Å²) in [6, 6.07) is 0.207. The lowest BCUT2D eigenvalue weighted by Crippen LogP contribution is -2.35. The van der Waals surface area contributed by atoms with Gasteiger partial charge >= 0.3 is 5.97 Å². The third-order valence-corrected chi connectivity index (χ3v) is 5.35. The molecule has 112 valence electrons. The molecule has 0 aliphatic carbocycles. The molecule has 1 saturated heterocycles. The van der Waals surface area contributed by atoms with Gasteiger partial charge in [0.1, 0.15) is 0 Å². The molecular weight excluding hydrogens is 272 g/mol. The van der Waals surface area contributed by atoms with Crippen molar-refractivity contribution in [3.05, 3.63) is 15.6 Å². The number of carboxylic acid groups (broad SMARTS) is 1. The van der Waals surface area contributed by atoms with Crippen molar-refractivity contribution in [1.29, 1.82) is 0 Å². The lowest BCUT2D eigenvalue weighted by atomic mass is 9.83. The van der Waals surface area contributed by atoms with Crippen LogP contribution in [0.25, 0.3) is 0 Å². The Morgan fingerprint density at radius 1 is 1.55 bits per heavy atom. The Balaban J connectivity index is 2.16.